The van der Waals surface area contributed by atoms with Crippen LogP contribution in [0.3, 0.4) is 0 Å². The van der Waals surface area contributed by atoms with Gasteiger partial charge < -0.3 is 19.9 Å². The minimum Gasteiger partial charge on any atom is -0.395 e. The second-order valence-corrected chi connectivity index (χ2v) is 3.61. The molecule has 1 aromatic rings. The third kappa shape index (κ3) is 4.74. The minimum absolute atomic E-state index is 0.0428. The Morgan fingerprint density at radius 3 is 2.76 bits per heavy atom. The van der Waals surface area contributed by atoms with Crippen LogP contribution < -0.4 is 5.32 Å². The van der Waals surface area contributed by atoms with Crippen LogP contribution >= 0.6 is 0 Å². The van der Waals surface area contributed by atoms with Crippen molar-refractivity contribution in [3.8, 4) is 0 Å². The molecule has 0 aliphatic carbocycles. The summed E-state index contributed by atoms with van der Waals surface area (Å²) in [6.07, 6.45) is 5.53. The van der Waals surface area contributed by atoms with E-state index in [4.69, 9.17) is 5.11 Å². The maximum atomic E-state index is 11.7. The fourth-order valence-electron chi connectivity index (χ4n) is 1.48. The number of hydrogen-bond acceptors (Lipinski definition) is 2. The van der Waals surface area contributed by atoms with E-state index in [1.54, 1.807) is 6.08 Å². The van der Waals surface area contributed by atoms with E-state index >= 15 is 0 Å². The number of carbonyl (C=O) groups excluding carboxylic acids is 1. The normalized spacial score (nSPS) is 9.94. The van der Waals surface area contributed by atoms with Crippen molar-refractivity contribution >= 4 is 6.03 Å². The Kier molecular flexibility index (Phi) is 5.88. The number of aliphatic hydroxyl groups excluding tert-OH is 1. The quantitative estimate of drug-likeness (QED) is 0.685. The molecule has 0 unspecified atom stereocenters. The van der Waals surface area contributed by atoms with Crippen molar-refractivity contribution in [2.75, 3.05) is 26.2 Å². The van der Waals surface area contributed by atoms with Crippen molar-refractivity contribution < 1.29 is 9.90 Å². The average Bonchev–Trinajstić information content (AvgIpc) is 2.81. The number of aliphatic hydroxyl groups is 1. The van der Waals surface area contributed by atoms with Crippen LogP contribution in [0.1, 0.15) is 0 Å². The number of urea groups is 1. The van der Waals surface area contributed by atoms with Crippen molar-refractivity contribution in [2.45, 2.75) is 6.54 Å². The van der Waals surface area contributed by atoms with E-state index in [9.17, 15) is 4.79 Å². The van der Waals surface area contributed by atoms with Crippen LogP contribution in [0.4, 0.5) is 4.79 Å². The highest BCUT2D eigenvalue weighted by Gasteiger charge is 2.09. The first-order valence-corrected chi connectivity index (χ1v) is 5.63. The molecule has 1 heterocycles. The van der Waals surface area contributed by atoms with Crippen LogP contribution in [0, 0.1) is 0 Å². The zero-order valence-electron chi connectivity index (χ0n) is 9.88. The van der Waals surface area contributed by atoms with Crippen LogP contribution in [0.2, 0.25) is 0 Å². The van der Waals surface area contributed by atoms with Crippen molar-refractivity contribution in [1.82, 2.24) is 14.8 Å². The van der Waals surface area contributed by atoms with Gasteiger partial charge in [0.1, 0.15) is 0 Å². The summed E-state index contributed by atoms with van der Waals surface area (Å²) in [4.78, 5) is 13.2. The second kappa shape index (κ2) is 7.51. The molecule has 0 atom stereocenters. The van der Waals surface area contributed by atoms with Gasteiger partial charge in [0, 0.05) is 38.6 Å². The van der Waals surface area contributed by atoms with E-state index in [0.29, 0.717) is 19.6 Å². The molecule has 17 heavy (non-hydrogen) atoms. The molecule has 5 nitrogen and oxygen atoms in total. The van der Waals surface area contributed by atoms with Gasteiger partial charge in [0.05, 0.1) is 6.61 Å². The van der Waals surface area contributed by atoms with Gasteiger partial charge in [-0.3, -0.25) is 0 Å². The maximum Gasteiger partial charge on any atom is 0.317 e. The molecule has 0 aromatic carbocycles. The van der Waals surface area contributed by atoms with Gasteiger partial charge in [-0.05, 0) is 12.1 Å². The monoisotopic (exact) mass is 237 g/mol. The van der Waals surface area contributed by atoms with Gasteiger partial charge >= 0.3 is 6.03 Å². The first-order valence-electron chi connectivity index (χ1n) is 5.63. The van der Waals surface area contributed by atoms with Crippen LogP contribution in [-0.2, 0) is 6.54 Å². The van der Waals surface area contributed by atoms with Crippen molar-refractivity contribution in [3.05, 3.63) is 37.2 Å². The lowest BCUT2D eigenvalue weighted by Gasteiger charge is -2.20. The summed E-state index contributed by atoms with van der Waals surface area (Å²) in [5.74, 6) is 0. The number of amides is 2. The number of rotatable bonds is 7. The van der Waals surface area contributed by atoms with E-state index < -0.39 is 0 Å². The van der Waals surface area contributed by atoms with E-state index in [2.05, 4.69) is 11.9 Å². The molecule has 0 spiro atoms. The molecular formula is C12H19N3O2. The maximum absolute atomic E-state index is 11.7. The molecule has 0 radical (unpaired) electrons. The lowest BCUT2D eigenvalue weighted by Crippen LogP contribution is -2.42. The zero-order valence-corrected chi connectivity index (χ0v) is 9.88. The lowest BCUT2D eigenvalue weighted by atomic mass is 10.5. The van der Waals surface area contributed by atoms with Gasteiger partial charge in [0.2, 0.25) is 0 Å². The molecule has 0 fully saturated rings. The molecule has 0 aliphatic heterocycles. The molecule has 0 saturated heterocycles. The minimum atomic E-state index is -0.175. The largest absolute Gasteiger partial charge is 0.395 e. The molecule has 94 valence electrons. The Morgan fingerprint density at radius 1 is 1.47 bits per heavy atom. The van der Waals surface area contributed by atoms with E-state index in [1.807, 2.05) is 29.1 Å². The van der Waals surface area contributed by atoms with Gasteiger partial charge in [-0.25, -0.2) is 4.79 Å². The highest BCUT2D eigenvalue weighted by atomic mass is 16.3. The van der Waals surface area contributed by atoms with Gasteiger partial charge in [0.15, 0.2) is 0 Å². The van der Waals surface area contributed by atoms with Crippen LogP contribution in [0.5, 0.6) is 0 Å². The molecule has 0 aliphatic rings. The van der Waals surface area contributed by atoms with Gasteiger partial charge in [-0.1, -0.05) is 6.08 Å². The molecule has 1 aromatic heterocycles. The molecular weight excluding hydrogens is 218 g/mol. The number of nitrogens with one attached hydrogen (secondary N) is 1. The average molecular weight is 237 g/mol. The van der Waals surface area contributed by atoms with Crippen molar-refractivity contribution in [3.63, 3.8) is 0 Å². The third-order valence-corrected chi connectivity index (χ3v) is 2.32. The molecule has 0 saturated carbocycles. The van der Waals surface area contributed by atoms with Crippen molar-refractivity contribution in [1.29, 1.82) is 0 Å². The van der Waals surface area contributed by atoms with Gasteiger partial charge in [-0.2, -0.15) is 0 Å². The van der Waals surface area contributed by atoms with Gasteiger partial charge in [-0.15, -0.1) is 6.58 Å². The van der Waals surface area contributed by atoms with Crippen LogP contribution in [0.25, 0.3) is 0 Å². The molecule has 1 rings (SSSR count). The van der Waals surface area contributed by atoms with E-state index in [1.165, 1.54) is 4.90 Å². The lowest BCUT2D eigenvalue weighted by molar-refractivity contribution is 0.183. The fourth-order valence-corrected chi connectivity index (χ4v) is 1.48. The summed E-state index contributed by atoms with van der Waals surface area (Å²) in [5, 5.41) is 11.6. The highest BCUT2D eigenvalue weighted by molar-refractivity contribution is 5.74. The van der Waals surface area contributed by atoms with Crippen molar-refractivity contribution in [2.24, 2.45) is 0 Å². The standard InChI is InChI=1S/C12H19N3O2/c1-2-6-15(10-11-16)12(17)13-5-9-14-7-3-4-8-14/h2-4,7-8,16H,1,5-6,9-11H2,(H,13,17). The molecule has 5 heteroatoms. The Balaban J connectivity index is 2.28. The Hall–Kier alpha value is -1.75. The molecule has 0 bridgehead atoms. The first kappa shape index (κ1) is 13.3. The topological polar surface area (TPSA) is 57.5 Å². The summed E-state index contributed by atoms with van der Waals surface area (Å²) >= 11 is 0. The summed E-state index contributed by atoms with van der Waals surface area (Å²) in [7, 11) is 0. The fraction of sp³-hybridized carbons (Fsp3) is 0.417. The summed E-state index contributed by atoms with van der Waals surface area (Å²) < 4.78 is 1.99. The zero-order chi connectivity index (χ0) is 12.5. The Morgan fingerprint density at radius 2 is 2.18 bits per heavy atom. The number of aromatic nitrogens is 1. The summed E-state index contributed by atoms with van der Waals surface area (Å²) in [6, 6.07) is 3.71. The van der Waals surface area contributed by atoms with Gasteiger partial charge in [0.25, 0.3) is 0 Å². The van der Waals surface area contributed by atoms with Crippen LogP contribution in [0.15, 0.2) is 37.2 Å². The molecule has 2 amide bonds. The van der Waals surface area contributed by atoms with E-state index in [-0.39, 0.29) is 12.6 Å². The second-order valence-electron chi connectivity index (χ2n) is 3.61. The highest BCUT2D eigenvalue weighted by Crippen LogP contribution is 1.91. The third-order valence-electron chi connectivity index (χ3n) is 2.32. The Bertz CT molecular complexity index is 336. The predicted octanol–water partition coefficient (Wildman–Crippen LogP) is 0.678. The summed E-state index contributed by atoms with van der Waals surface area (Å²) in [6.45, 7) is 5.60. The first-order chi connectivity index (χ1) is 8.27. The number of carbonyl (C=O) groups is 1. The Labute approximate surface area is 101 Å². The smallest absolute Gasteiger partial charge is 0.317 e. The summed E-state index contributed by atoms with van der Waals surface area (Å²) in [5.41, 5.74) is 0. The predicted molar refractivity (Wildman–Crippen MR) is 66.7 cm³/mol. The molecule has 2 N–H and O–H groups in total. The van der Waals surface area contributed by atoms with E-state index in [0.717, 1.165) is 6.54 Å². The number of hydrogen-bond donors (Lipinski definition) is 2. The SMILES string of the molecule is C=CCN(CCO)C(=O)NCCn1cccc1. The number of nitrogens with zero attached hydrogens (tertiary/aromatic N) is 2. The van der Waals surface area contributed by atoms with Crippen LogP contribution in [-0.4, -0.2) is 46.8 Å².